The first-order valence-electron chi connectivity index (χ1n) is 6.77. The lowest BCUT2D eigenvalue weighted by Gasteiger charge is -2.09. The van der Waals surface area contributed by atoms with Gasteiger partial charge in [-0.2, -0.15) is 11.8 Å². The fraction of sp³-hybridized carbons (Fsp3) is 0.438. The van der Waals surface area contributed by atoms with Crippen molar-refractivity contribution in [3.8, 4) is 5.75 Å². The summed E-state index contributed by atoms with van der Waals surface area (Å²) in [6.45, 7) is 8.82. The van der Waals surface area contributed by atoms with E-state index in [4.69, 9.17) is 9.26 Å². The highest BCUT2D eigenvalue weighted by Gasteiger charge is 2.08. The van der Waals surface area contributed by atoms with Gasteiger partial charge < -0.3 is 9.26 Å². The van der Waals surface area contributed by atoms with Crippen LogP contribution < -0.4 is 4.74 Å². The van der Waals surface area contributed by atoms with Gasteiger partial charge in [-0.25, -0.2) is 0 Å². The van der Waals surface area contributed by atoms with Crippen LogP contribution in [-0.2, 0) is 5.75 Å². The van der Waals surface area contributed by atoms with Gasteiger partial charge in [0.2, 0.25) is 0 Å². The van der Waals surface area contributed by atoms with Gasteiger partial charge in [-0.05, 0) is 44.9 Å². The Morgan fingerprint density at radius 2 is 2.00 bits per heavy atom. The molecule has 0 saturated carbocycles. The molecule has 0 amide bonds. The van der Waals surface area contributed by atoms with E-state index in [1.54, 1.807) is 0 Å². The molecule has 0 radical (unpaired) electrons. The third-order valence-electron chi connectivity index (χ3n) is 3.26. The molecule has 0 aliphatic carbocycles. The fourth-order valence-electron chi connectivity index (χ4n) is 1.96. The number of hydrogen-bond acceptors (Lipinski definition) is 4. The van der Waals surface area contributed by atoms with Gasteiger partial charge in [0, 0.05) is 17.1 Å². The molecule has 1 aromatic carbocycles. The van der Waals surface area contributed by atoms with Crippen LogP contribution in [0, 0.1) is 27.7 Å². The number of benzene rings is 1. The number of aromatic nitrogens is 1. The Kier molecular flexibility index (Phi) is 5.12. The van der Waals surface area contributed by atoms with E-state index in [9.17, 15) is 0 Å². The molecule has 108 valence electrons. The molecule has 1 heterocycles. The minimum atomic E-state index is 0.721. The van der Waals surface area contributed by atoms with Gasteiger partial charge in [0.05, 0.1) is 12.3 Å². The van der Waals surface area contributed by atoms with Crippen LogP contribution in [0.4, 0.5) is 0 Å². The van der Waals surface area contributed by atoms with Gasteiger partial charge in [-0.3, -0.25) is 0 Å². The summed E-state index contributed by atoms with van der Waals surface area (Å²) in [6.07, 6.45) is 0. The predicted molar refractivity (Wildman–Crippen MR) is 83.6 cm³/mol. The topological polar surface area (TPSA) is 35.3 Å². The Hall–Kier alpha value is -1.42. The first-order chi connectivity index (χ1) is 9.58. The number of thioether (sulfide) groups is 1. The van der Waals surface area contributed by atoms with Crippen molar-refractivity contribution in [3.05, 3.63) is 46.3 Å². The van der Waals surface area contributed by atoms with E-state index >= 15 is 0 Å². The van der Waals surface area contributed by atoms with E-state index in [2.05, 4.69) is 37.2 Å². The maximum atomic E-state index is 5.84. The van der Waals surface area contributed by atoms with Crippen molar-refractivity contribution >= 4 is 11.8 Å². The summed E-state index contributed by atoms with van der Waals surface area (Å²) in [4.78, 5) is 0. The first kappa shape index (κ1) is 15.0. The summed E-state index contributed by atoms with van der Waals surface area (Å²) in [6, 6.07) is 6.30. The van der Waals surface area contributed by atoms with Crippen molar-refractivity contribution in [3.63, 3.8) is 0 Å². The third kappa shape index (κ3) is 3.79. The lowest BCUT2D eigenvalue weighted by atomic mass is 10.1. The third-order valence-corrected chi connectivity index (χ3v) is 4.20. The molecule has 0 fully saturated rings. The molecule has 2 rings (SSSR count). The maximum absolute atomic E-state index is 5.84. The number of ether oxygens (including phenoxy) is 1. The average Bonchev–Trinajstić information content (AvgIpc) is 2.73. The molecular weight excluding hydrogens is 270 g/mol. The normalized spacial score (nSPS) is 10.8. The van der Waals surface area contributed by atoms with E-state index in [1.807, 2.05) is 25.6 Å². The lowest BCUT2D eigenvalue weighted by Crippen LogP contribution is -2.02. The summed E-state index contributed by atoms with van der Waals surface area (Å²) in [5.41, 5.74) is 4.62. The zero-order valence-electron chi connectivity index (χ0n) is 12.5. The minimum absolute atomic E-state index is 0.721. The molecule has 20 heavy (non-hydrogen) atoms. The van der Waals surface area contributed by atoms with Crippen molar-refractivity contribution in [1.29, 1.82) is 0 Å². The van der Waals surface area contributed by atoms with Crippen molar-refractivity contribution in [2.45, 2.75) is 33.4 Å². The molecule has 0 unspecified atom stereocenters. The quantitative estimate of drug-likeness (QED) is 0.746. The van der Waals surface area contributed by atoms with E-state index in [1.165, 1.54) is 16.7 Å². The standard InChI is InChI=1S/C16H21NO2S/c1-11-5-6-12(2)16(9-11)18-7-8-20-10-15-13(3)17-19-14(15)4/h5-6,9H,7-8,10H2,1-4H3. The summed E-state index contributed by atoms with van der Waals surface area (Å²) in [5.74, 6) is 3.79. The van der Waals surface area contributed by atoms with Crippen LogP contribution in [0.25, 0.3) is 0 Å². The minimum Gasteiger partial charge on any atom is -0.492 e. The molecule has 0 spiro atoms. The number of hydrogen-bond donors (Lipinski definition) is 0. The van der Waals surface area contributed by atoms with Crippen LogP contribution in [0.2, 0.25) is 0 Å². The van der Waals surface area contributed by atoms with Crippen LogP contribution in [-0.4, -0.2) is 17.5 Å². The summed E-state index contributed by atoms with van der Waals surface area (Å²) >= 11 is 1.84. The van der Waals surface area contributed by atoms with Gasteiger partial charge in [0.1, 0.15) is 11.5 Å². The number of rotatable bonds is 6. The van der Waals surface area contributed by atoms with Crippen molar-refractivity contribution in [2.75, 3.05) is 12.4 Å². The van der Waals surface area contributed by atoms with E-state index in [0.29, 0.717) is 0 Å². The molecule has 0 N–H and O–H groups in total. The molecular formula is C16H21NO2S. The highest BCUT2D eigenvalue weighted by atomic mass is 32.2. The largest absolute Gasteiger partial charge is 0.492 e. The van der Waals surface area contributed by atoms with E-state index < -0.39 is 0 Å². The van der Waals surface area contributed by atoms with Crippen LogP contribution in [0.15, 0.2) is 22.7 Å². The van der Waals surface area contributed by atoms with Gasteiger partial charge in [0.25, 0.3) is 0 Å². The zero-order valence-corrected chi connectivity index (χ0v) is 13.3. The highest BCUT2D eigenvalue weighted by Crippen LogP contribution is 2.21. The van der Waals surface area contributed by atoms with Crippen molar-refractivity contribution in [1.82, 2.24) is 5.16 Å². The molecule has 0 atom stereocenters. The van der Waals surface area contributed by atoms with E-state index in [-0.39, 0.29) is 0 Å². The summed E-state index contributed by atoms with van der Waals surface area (Å²) in [5, 5.41) is 3.96. The van der Waals surface area contributed by atoms with Gasteiger partial charge in [-0.1, -0.05) is 17.3 Å². The van der Waals surface area contributed by atoms with Crippen molar-refractivity contribution in [2.24, 2.45) is 0 Å². The highest BCUT2D eigenvalue weighted by molar-refractivity contribution is 7.98. The molecule has 2 aromatic rings. The Balaban J connectivity index is 1.76. The summed E-state index contributed by atoms with van der Waals surface area (Å²) in [7, 11) is 0. The lowest BCUT2D eigenvalue weighted by molar-refractivity contribution is 0.341. The molecule has 1 aromatic heterocycles. The van der Waals surface area contributed by atoms with Crippen LogP contribution in [0.3, 0.4) is 0 Å². The van der Waals surface area contributed by atoms with Crippen molar-refractivity contribution < 1.29 is 9.26 Å². The second-order valence-electron chi connectivity index (χ2n) is 4.97. The molecule has 4 heteroatoms. The van der Waals surface area contributed by atoms with Crippen LogP contribution >= 0.6 is 11.8 Å². The van der Waals surface area contributed by atoms with Gasteiger partial charge in [0.15, 0.2) is 0 Å². The predicted octanol–water partition coefficient (Wildman–Crippen LogP) is 4.22. The summed E-state index contributed by atoms with van der Waals surface area (Å²) < 4.78 is 11.0. The average molecular weight is 291 g/mol. The van der Waals surface area contributed by atoms with E-state index in [0.717, 1.165) is 35.3 Å². The number of aryl methyl sites for hydroxylation is 4. The second-order valence-corrected chi connectivity index (χ2v) is 6.08. The van der Waals surface area contributed by atoms with Gasteiger partial charge >= 0.3 is 0 Å². The first-order valence-corrected chi connectivity index (χ1v) is 7.93. The molecule has 0 bridgehead atoms. The smallest absolute Gasteiger partial charge is 0.137 e. The zero-order chi connectivity index (χ0) is 14.5. The Bertz CT molecular complexity index is 558. The van der Waals surface area contributed by atoms with Crippen LogP contribution in [0.1, 0.15) is 28.1 Å². The molecule has 0 aliphatic rings. The molecule has 0 saturated heterocycles. The second kappa shape index (κ2) is 6.84. The molecule has 0 aliphatic heterocycles. The Morgan fingerprint density at radius 1 is 1.20 bits per heavy atom. The Morgan fingerprint density at radius 3 is 2.70 bits per heavy atom. The fourth-order valence-corrected chi connectivity index (χ4v) is 2.92. The SMILES string of the molecule is Cc1ccc(C)c(OCCSCc2c(C)noc2C)c1. The Labute approximate surface area is 124 Å². The van der Waals surface area contributed by atoms with Crippen LogP contribution in [0.5, 0.6) is 5.75 Å². The monoisotopic (exact) mass is 291 g/mol. The van der Waals surface area contributed by atoms with Gasteiger partial charge in [-0.15, -0.1) is 0 Å². The maximum Gasteiger partial charge on any atom is 0.137 e. The number of nitrogens with zero attached hydrogens (tertiary/aromatic N) is 1. The molecule has 3 nitrogen and oxygen atoms in total.